The van der Waals surface area contributed by atoms with Gasteiger partial charge in [-0.2, -0.15) is 0 Å². The zero-order chi connectivity index (χ0) is 16.1. The van der Waals surface area contributed by atoms with Crippen molar-refractivity contribution in [3.05, 3.63) is 0 Å². The first-order valence-electron chi connectivity index (χ1n) is 8.40. The molecule has 128 valence electrons. The van der Waals surface area contributed by atoms with Gasteiger partial charge < -0.3 is 20.1 Å². The lowest BCUT2D eigenvalue weighted by molar-refractivity contribution is -0.135. The summed E-state index contributed by atoms with van der Waals surface area (Å²) in [5, 5.41) is 0. The highest BCUT2D eigenvalue weighted by molar-refractivity contribution is 5.81. The van der Waals surface area contributed by atoms with E-state index in [4.69, 9.17) is 15.2 Å². The van der Waals surface area contributed by atoms with E-state index < -0.39 is 6.04 Å². The summed E-state index contributed by atoms with van der Waals surface area (Å²) in [5.41, 5.74) is 5.83. The van der Waals surface area contributed by atoms with E-state index in [0.717, 1.165) is 45.6 Å². The molecule has 2 rings (SSSR count). The molecule has 0 aromatic carbocycles. The molecule has 1 amide bonds. The number of piperidine rings is 1. The van der Waals surface area contributed by atoms with E-state index in [1.54, 1.807) is 7.11 Å². The molecular formula is C16H31N3O3. The van der Waals surface area contributed by atoms with Gasteiger partial charge in [0.05, 0.1) is 18.8 Å². The highest BCUT2D eigenvalue weighted by atomic mass is 16.5. The fourth-order valence-corrected chi connectivity index (χ4v) is 3.62. The van der Waals surface area contributed by atoms with Gasteiger partial charge in [0, 0.05) is 39.8 Å². The van der Waals surface area contributed by atoms with Crippen LogP contribution in [0.5, 0.6) is 0 Å². The van der Waals surface area contributed by atoms with Crippen molar-refractivity contribution in [2.24, 2.45) is 11.7 Å². The van der Waals surface area contributed by atoms with Gasteiger partial charge in [0.25, 0.3) is 0 Å². The molecule has 2 saturated heterocycles. The average Bonchev–Trinajstić information content (AvgIpc) is 2.46. The van der Waals surface area contributed by atoms with Crippen LogP contribution in [0.3, 0.4) is 0 Å². The van der Waals surface area contributed by atoms with Crippen LogP contribution in [0.2, 0.25) is 0 Å². The predicted molar refractivity (Wildman–Crippen MR) is 85.6 cm³/mol. The molecule has 6 nitrogen and oxygen atoms in total. The molecule has 0 aliphatic carbocycles. The summed E-state index contributed by atoms with van der Waals surface area (Å²) in [6.45, 7) is 9.35. The van der Waals surface area contributed by atoms with Gasteiger partial charge in [-0.25, -0.2) is 0 Å². The monoisotopic (exact) mass is 313 g/mol. The second-order valence-corrected chi connectivity index (χ2v) is 6.81. The van der Waals surface area contributed by atoms with Gasteiger partial charge in [0.1, 0.15) is 6.04 Å². The average molecular weight is 313 g/mol. The van der Waals surface area contributed by atoms with Gasteiger partial charge in [-0.1, -0.05) is 0 Å². The Bertz CT molecular complexity index is 349. The summed E-state index contributed by atoms with van der Waals surface area (Å²) in [7, 11) is 1.57. The Balaban J connectivity index is 1.74. The van der Waals surface area contributed by atoms with Crippen LogP contribution in [0.15, 0.2) is 0 Å². The minimum atomic E-state index is -0.525. The van der Waals surface area contributed by atoms with Gasteiger partial charge in [0.2, 0.25) is 5.91 Å². The van der Waals surface area contributed by atoms with Gasteiger partial charge in [-0.05, 0) is 32.6 Å². The van der Waals surface area contributed by atoms with Gasteiger partial charge >= 0.3 is 0 Å². The summed E-state index contributed by atoms with van der Waals surface area (Å²) in [6.07, 6.45) is 2.76. The number of nitrogens with zero attached hydrogens (tertiary/aromatic N) is 2. The highest BCUT2D eigenvalue weighted by Gasteiger charge is 2.29. The lowest BCUT2D eigenvalue weighted by atomic mass is 9.95. The van der Waals surface area contributed by atoms with Crippen molar-refractivity contribution < 1.29 is 14.3 Å². The number of carbonyl (C=O) groups is 1. The number of amides is 1. The number of hydrogen-bond acceptors (Lipinski definition) is 5. The highest BCUT2D eigenvalue weighted by Crippen LogP contribution is 2.21. The molecule has 0 radical (unpaired) electrons. The molecule has 3 unspecified atom stereocenters. The minimum absolute atomic E-state index is 0.0221. The Labute approximate surface area is 133 Å². The summed E-state index contributed by atoms with van der Waals surface area (Å²) in [4.78, 5) is 16.6. The summed E-state index contributed by atoms with van der Waals surface area (Å²) >= 11 is 0. The van der Waals surface area contributed by atoms with Crippen LogP contribution in [0.4, 0.5) is 0 Å². The van der Waals surface area contributed by atoms with Gasteiger partial charge in [-0.15, -0.1) is 0 Å². The molecule has 2 heterocycles. The number of morpholine rings is 1. The fraction of sp³-hybridized carbons (Fsp3) is 0.938. The Morgan fingerprint density at radius 1 is 1.27 bits per heavy atom. The summed E-state index contributed by atoms with van der Waals surface area (Å²) < 4.78 is 10.7. The second-order valence-electron chi connectivity index (χ2n) is 6.81. The van der Waals surface area contributed by atoms with Crippen molar-refractivity contribution in [2.75, 3.05) is 46.4 Å². The molecule has 2 aliphatic rings. The van der Waals surface area contributed by atoms with Crippen LogP contribution in [-0.4, -0.2) is 80.4 Å². The number of hydrogen-bond donors (Lipinski definition) is 1. The molecule has 0 spiro atoms. The van der Waals surface area contributed by atoms with E-state index in [1.807, 2.05) is 4.90 Å². The second kappa shape index (κ2) is 8.24. The SMILES string of the molecule is COCC(N)C(=O)N1CCC(CN2CC(C)OC(C)C2)CC1. The lowest BCUT2D eigenvalue weighted by Gasteiger charge is -2.39. The number of methoxy groups -OCH3 is 1. The quantitative estimate of drug-likeness (QED) is 0.791. The third kappa shape index (κ3) is 4.91. The number of nitrogens with two attached hydrogens (primary N) is 1. The topological polar surface area (TPSA) is 68.0 Å². The minimum Gasteiger partial charge on any atom is -0.383 e. The molecule has 2 aliphatic heterocycles. The maximum Gasteiger partial charge on any atom is 0.241 e. The van der Waals surface area contributed by atoms with E-state index in [-0.39, 0.29) is 5.91 Å². The first-order chi connectivity index (χ1) is 10.5. The summed E-state index contributed by atoms with van der Waals surface area (Å²) in [6, 6.07) is -0.525. The van der Waals surface area contributed by atoms with Gasteiger partial charge in [-0.3, -0.25) is 9.69 Å². The van der Waals surface area contributed by atoms with E-state index in [9.17, 15) is 4.79 Å². The van der Waals surface area contributed by atoms with Crippen molar-refractivity contribution in [3.8, 4) is 0 Å². The van der Waals surface area contributed by atoms with Crippen LogP contribution in [0.1, 0.15) is 26.7 Å². The van der Waals surface area contributed by atoms with Crippen LogP contribution < -0.4 is 5.73 Å². The third-order valence-electron chi connectivity index (χ3n) is 4.60. The first kappa shape index (κ1) is 17.7. The van der Waals surface area contributed by atoms with Crippen molar-refractivity contribution in [3.63, 3.8) is 0 Å². The number of ether oxygens (including phenoxy) is 2. The lowest BCUT2D eigenvalue weighted by Crippen LogP contribution is -2.51. The Morgan fingerprint density at radius 2 is 1.86 bits per heavy atom. The Hall–Kier alpha value is -0.690. The molecular weight excluding hydrogens is 282 g/mol. The fourth-order valence-electron chi connectivity index (χ4n) is 3.62. The van der Waals surface area contributed by atoms with Crippen molar-refractivity contribution in [1.29, 1.82) is 0 Å². The maximum absolute atomic E-state index is 12.2. The molecule has 0 saturated carbocycles. The molecule has 2 N–H and O–H groups in total. The normalized spacial score (nSPS) is 29.5. The van der Waals surface area contributed by atoms with E-state index in [1.165, 1.54) is 0 Å². The van der Waals surface area contributed by atoms with Crippen LogP contribution >= 0.6 is 0 Å². The van der Waals surface area contributed by atoms with Crippen LogP contribution in [-0.2, 0) is 14.3 Å². The molecule has 0 aromatic heterocycles. The predicted octanol–water partition coefficient (Wildman–Crippen LogP) is 0.308. The van der Waals surface area contributed by atoms with E-state index >= 15 is 0 Å². The van der Waals surface area contributed by atoms with Crippen LogP contribution in [0.25, 0.3) is 0 Å². The Kier molecular flexibility index (Phi) is 6.62. The van der Waals surface area contributed by atoms with Crippen LogP contribution in [0, 0.1) is 5.92 Å². The Morgan fingerprint density at radius 3 is 2.41 bits per heavy atom. The molecule has 2 fully saturated rings. The number of rotatable bonds is 5. The molecule has 3 atom stereocenters. The van der Waals surface area contributed by atoms with Crippen molar-refractivity contribution >= 4 is 5.91 Å². The third-order valence-corrected chi connectivity index (χ3v) is 4.60. The van der Waals surface area contributed by atoms with E-state index in [2.05, 4.69) is 18.7 Å². The zero-order valence-electron chi connectivity index (χ0n) is 14.2. The number of likely N-dealkylation sites (tertiary alicyclic amines) is 1. The molecule has 6 heteroatoms. The summed E-state index contributed by atoms with van der Waals surface area (Å²) in [5.74, 6) is 0.689. The standard InChI is InChI=1S/C16H31N3O3/c1-12-8-18(9-13(2)22-12)10-14-4-6-19(7-5-14)16(20)15(17)11-21-3/h12-15H,4-11,17H2,1-3H3. The first-order valence-corrected chi connectivity index (χ1v) is 8.40. The zero-order valence-corrected chi connectivity index (χ0v) is 14.2. The number of carbonyl (C=O) groups excluding carboxylic acids is 1. The van der Waals surface area contributed by atoms with E-state index in [0.29, 0.717) is 24.7 Å². The smallest absolute Gasteiger partial charge is 0.241 e. The molecule has 0 bridgehead atoms. The van der Waals surface area contributed by atoms with Crippen molar-refractivity contribution in [1.82, 2.24) is 9.80 Å². The largest absolute Gasteiger partial charge is 0.383 e. The maximum atomic E-state index is 12.2. The van der Waals surface area contributed by atoms with Gasteiger partial charge in [0.15, 0.2) is 0 Å². The molecule has 22 heavy (non-hydrogen) atoms. The molecule has 0 aromatic rings. The van der Waals surface area contributed by atoms with Crippen molar-refractivity contribution in [2.45, 2.75) is 44.9 Å².